The first-order valence-corrected chi connectivity index (χ1v) is 10.3. The molecule has 160 valence electrons. The Balaban J connectivity index is 1.57. The van der Waals surface area contributed by atoms with Crippen molar-refractivity contribution in [2.75, 3.05) is 0 Å². The SMILES string of the molecule is Cc1ccc(C(=O)c2cccn2C/C=C/c2ccc(COC(C)CC(=O)O)cc2)cc1. The molecule has 3 rings (SSSR count). The van der Waals surface area contributed by atoms with E-state index >= 15 is 0 Å². The zero-order chi connectivity index (χ0) is 22.2. The van der Waals surface area contributed by atoms with Crippen molar-refractivity contribution in [1.29, 1.82) is 0 Å². The lowest BCUT2D eigenvalue weighted by molar-refractivity contribution is -0.140. The quantitative estimate of drug-likeness (QED) is 0.465. The number of carbonyl (C=O) groups is 2. The van der Waals surface area contributed by atoms with E-state index in [4.69, 9.17) is 9.84 Å². The van der Waals surface area contributed by atoms with Crippen LogP contribution in [0.3, 0.4) is 0 Å². The molecule has 0 radical (unpaired) electrons. The number of hydrogen-bond donors (Lipinski definition) is 1. The van der Waals surface area contributed by atoms with Crippen LogP contribution >= 0.6 is 0 Å². The fourth-order valence-electron chi connectivity index (χ4n) is 3.20. The van der Waals surface area contributed by atoms with Crippen molar-refractivity contribution in [2.24, 2.45) is 0 Å². The first-order chi connectivity index (χ1) is 14.9. The molecule has 5 nitrogen and oxygen atoms in total. The molecule has 0 saturated carbocycles. The second kappa shape index (κ2) is 10.5. The molecule has 0 aliphatic carbocycles. The standard InChI is InChI=1S/C26H27NO4/c1-19-7-13-23(14-8-19)26(30)24-6-4-16-27(24)15-3-5-21-9-11-22(12-10-21)18-31-20(2)17-25(28)29/h3-14,16,20H,15,17-18H2,1-2H3,(H,28,29)/b5-3+. The average Bonchev–Trinajstić information content (AvgIpc) is 3.21. The number of aliphatic carboxylic acids is 1. The van der Waals surface area contributed by atoms with Gasteiger partial charge >= 0.3 is 5.97 Å². The molecule has 31 heavy (non-hydrogen) atoms. The lowest BCUT2D eigenvalue weighted by Crippen LogP contribution is -2.13. The van der Waals surface area contributed by atoms with Crippen LogP contribution in [0, 0.1) is 6.92 Å². The van der Waals surface area contributed by atoms with E-state index in [1.807, 2.05) is 90.5 Å². The topological polar surface area (TPSA) is 68.5 Å². The van der Waals surface area contributed by atoms with Crippen LogP contribution in [-0.4, -0.2) is 27.5 Å². The molecular formula is C26H27NO4. The summed E-state index contributed by atoms with van der Waals surface area (Å²) in [7, 11) is 0. The number of hydrogen-bond acceptors (Lipinski definition) is 3. The van der Waals surface area contributed by atoms with Crippen molar-refractivity contribution in [2.45, 2.75) is 39.5 Å². The number of ketones is 1. The summed E-state index contributed by atoms with van der Waals surface area (Å²) in [6.45, 7) is 4.73. The Hall–Kier alpha value is -3.44. The third-order valence-electron chi connectivity index (χ3n) is 4.96. The molecule has 1 aromatic heterocycles. The van der Waals surface area contributed by atoms with E-state index in [9.17, 15) is 9.59 Å². The maximum absolute atomic E-state index is 12.8. The minimum Gasteiger partial charge on any atom is -0.481 e. The number of allylic oxidation sites excluding steroid dienone is 1. The molecule has 0 aliphatic rings. The van der Waals surface area contributed by atoms with E-state index in [2.05, 4.69) is 0 Å². The summed E-state index contributed by atoms with van der Waals surface area (Å²) in [5, 5.41) is 8.78. The molecule has 0 saturated heterocycles. The van der Waals surface area contributed by atoms with Crippen LogP contribution in [0.4, 0.5) is 0 Å². The van der Waals surface area contributed by atoms with Gasteiger partial charge in [-0.2, -0.15) is 0 Å². The van der Waals surface area contributed by atoms with Gasteiger partial charge in [0.15, 0.2) is 0 Å². The highest BCUT2D eigenvalue weighted by Gasteiger charge is 2.12. The predicted octanol–water partition coefficient (Wildman–Crippen LogP) is 5.12. The summed E-state index contributed by atoms with van der Waals surface area (Å²) in [5.74, 6) is -0.848. The summed E-state index contributed by atoms with van der Waals surface area (Å²) in [6, 6.07) is 19.3. The van der Waals surface area contributed by atoms with Gasteiger partial charge in [0.05, 0.1) is 24.8 Å². The minimum absolute atomic E-state index is 0.00534. The molecule has 2 aromatic carbocycles. The van der Waals surface area contributed by atoms with Crippen molar-refractivity contribution in [1.82, 2.24) is 4.57 Å². The van der Waals surface area contributed by atoms with E-state index in [0.29, 0.717) is 24.4 Å². The third kappa shape index (κ3) is 6.52. The van der Waals surface area contributed by atoms with Crippen molar-refractivity contribution in [3.63, 3.8) is 0 Å². The van der Waals surface area contributed by atoms with Gasteiger partial charge in [0.2, 0.25) is 5.78 Å². The molecule has 1 atom stereocenters. The Labute approximate surface area is 182 Å². The molecule has 3 aromatic rings. The number of benzene rings is 2. The zero-order valence-corrected chi connectivity index (χ0v) is 17.8. The van der Waals surface area contributed by atoms with Crippen LogP contribution < -0.4 is 0 Å². The number of carboxylic acids is 1. The van der Waals surface area contributed by atoms with Crippen molar-refractivity contribution >= 4 is 17.8 Å². The Kier molecular flexibility index (Phi) is 7.57. The van der Waals surface area contributed by atoms with Gasteiger partial charge < -0.3 is 14.4 Å². The Morgan fingerprint density at radius 1 is 1.06 bits per heavy atom. The van der Waals surface area contributed by atoms with E-state index in [1.54, 1.807) is 6.92 Å². The largest absolute Gasteiger partial charge is 0.481 e. The molecule has 1 N–H and O–H groups in total. The normalized spacial score (nSPS) is 12.2. The smallest absolute Gasteiger partial charge is 0.305 e. The van der Waals surface area contributed by atoms with Crippen LogP contribution in [-0.2, 0) is 22.7 Å². The maximum atomic E-state index is 12.8. The van der Waals surface area contributed by atoms with E-state index in [1.165, 1.54) is 0 Å². The lowest BCUT2D eigenvalue weighted by atomic mass is 10.1. The van der Waals surface area contributed by atoms with Crippen LogP contribution in [0.2, 0.25) is 0 Å². The van der Waals surface area contributed by atoms with Crippen LogP contribution in [0.25, 0.3) is 6.08 Å². The highest BCUT2D eigenvalue weighted by atomic mass is 16.5. The van der Waals surface area contributed by atoms with Gasteiger partial charge in [-0.1, -0.05) is 66.2 Å². The molecule has 1 unspecified atom stereocenters. The van der Waals surface area contributed by atoms with Crippen molar-refractivity contribution < 1.29 is 19.4 Å². The van der Waals surface area contributed by atoms with E-state index < -0.39 is 5.97 Å². The number of ether oxygens (including phenoxy) is 1. The minimum atomic E-state index is -0.862. The number of carbonyl (C=O) groups excluding carboxylic acids is 1. The summed E-state index contributed by atoms with van der Waals surface area (Å²) < 4.78 is 7.49. The Morgan fingerprint density at radius 3 is 2.45 bits per heavy atom. The Bertz CT molecular complexity index is 1050. The lowest BCUT2D eigenvalue weighted by Gasteiger charge is -2.10. The number of aromatic nitrogens is 1. The van der Waals surface area contributed by atoms with Crippen LogP contribution in [0.5, 0.6) is 0 Å². The molecule has 0 amide bonds. The monoisotopic (exact) mass is 417 g/mol. The fraction of sp³-hybridized carbons (Fsp3) is 0.231. The average molecular weight is 418 g/mol. The molecule has 0 fully saturated rings. The predicted molar refractivity (Wildman–Crippen MR) is 121 cm³/mol. The molecule has 0 bridgehead atoms. The summed E-state index contributed by atoms with van der Waals surface area (Å²) in [6.07, 6.45) is 5.61. The number of rotatable bonds is 10. The van der Waals surface area contributed by atoms with Crippen LogP contribution in [0.15, 0.2) is 72.9 Å². The van der Waals surface area contributed by atoms with Gasteiger partial charge in [-0.05, 0) is 37.1 Å². The van der Waals surface area contributed by atoms with Gasteiger partial charge in [-0.25, -0.2) is 0 Å². The molecule has 0 aliphatic heterocycles. The second-order valence-electron chi connectivity index (χ2n) is 7.60. The number of nitrogens with zero attached hydrogens (tertiary/aromatic N) is 1. The first-order valence-electron chi connectivity index (χ1n) is 10.3. The maximum Gasteiger partial charge on any atom is 0.305 e. The highest BCUT2D eigenvalue weighted by Crippen LogP contribution is 2.13. The highest BCUT2D eigenvalue weighted by molar-refractivity contribution is 6.08. The second-order valence-corrected chi connectivity index (χ2v) is 7.60. The first kappa shape index (κ1) is 22.2. The van der Waals surface area contributed by atoms with Gasteiger partial charge in [0.25, 0.3) is 0 Å². The number of aryl methyl sites for hydroxylation is 1. The van der Waals surface area contributed by atoms with Crippen molar-refractivity contribution in [3.8, 4) is 0 Å². The fourth-order valence-corrected chi connectivity index (χ4v) is 3.20. The summed E-state index contributed by atoms with van der Waals surface area (Å²) >= 11 is 0. The Morgan fingerprint density at radius 2 is 1.77 bits per heavy atom. The van der Waals surface area contributed by atoms with Gasteiger partial charge in [0.1, 0.15) is 0 Å². The molecule has 5 heteroatoms. The molecule has 0 spiro atoms. The van der Waals surface area contributed by atoms with Gasteiger partial charge in [-0.3, -0.25) is 9.59 Å². The van der Waals surface area contributed by atoms with E-state index in [0.717, 1.165) is 16.7 Å². The van der Waals surface area contributed by atoms with E-state index in [-0.39, 0.29) is 18.3 Å². The number of carboxylic acid groups (broad SMARTS) is 1. The van der Waals surface area contributed by atoms with Crippen molar-refractivity contribution in [3.05, 3.63) is 101 Å². The third-order valence-corrected chi connectivity index (χ3v) is 4.96. The van der Waals surface area contributed by atoms with Crippen LogP contribution in [0.1, 0.15) is 46.1 Å². The molecule has 1 heterocycles. The van der Waals surface area contributed by atoms with Gasteiger partial charge in [-0.15, -0.1) is 0 Å². The summed E-state index contributed by atoms with van der Waals surface area (Å²) in [4.78, 5) is 23.5. The zero-order valence-electron chi connectivity index (χ0n) is 17.8. The molecular weight excluding hydrogens is 390 g/mol. The summed E-state index contributed by atoms with van der Waals surface area (Å²) in [5.41, 5.74) is 4.51. The van der Waals surface area contributed by atoms with Gasteiger partial charge in [0, 0.05) is 18.3 Å².